The van der Waals surface area contributed by atoms with Crippen molar-refractivity contribution in [2.24, 2.45) is 0 Å². The van der Waals surface area contributed by atoms with Crippen molar-refractivity contribution < 1.29 is 13.9 Å². The van der Waals surface area contributed by atoms with Gasteiger partial charge in [-0.25, -0.2) is 0 Å². The molecular formula is C21H24O3. The second kappa shape index (κ2) is 7.91. The second-order valence-corrected chi connectivity index (χ2v) is 5.90. The Morgan fingerprint density at radius 3 is 2.12 bits per heavy atom. The smallest absolute Gasteiger partial charge is 0.241 e. The van der Waals surface area contributed by atoms with Crippen LogP contribution < -0.4 is 9.47 Å². The van der Waals surface area contributed by atoms with Gasteiger partial charge in [-0.15, -0.1) is 0 Å². The minimum Gasteiger partial charge on any atom is -0.461 e. The van der Waals surface area contributed by atoms with Crippen LogP contribution in [-0.4, -0.2) is 6.29 Å². The monoisotopic (exact) mass is 324 g/mol. The largest absolute Gasteiger partial charge is 0.461 e. The normalized spacial score (nSPS) is 12.9. The van der Waals surface area contributed by atoms with E-state index in [1.165, 1.54) is 5.39 Å². The molecule has 0 fully saturated rings. The van der Waals surface area contributed by atoms with Crippen molar-refractivity contribution >= 4 is 11.0 Å². The summed E-state index contributed by atoms with van der Waals surface area (Å²) in [5, 5.41) is 1.21. The van der Waals surface area contributed by atoms with E-state index in [9.17, 15) is 0 Å². The first kappa shape index (κ1) is 16.4. The van der Waals surface area contributed by atoms with Crippen LogP contribution in [0.5, 0.6) is 11.5 Å². The van der Waals surface area contributed by atoms with Gasteiger partial charge in [-0.1, -0.05) is 44.2 Å². The summed E-state index contributed by atoms with van der Waals surface area (Å²) in [4.78, 5) is 0. The van der Waals surface area contributed by atoms with Gasteiger partial charge < -0.3 is 13.9 Å². The molecule has 0 unspecified atom stereocenters. The fraction of sp³-hybridized carbons (Fsp3) is 0.333. The number of ether oxygens (including phenoxy) is 2. The summed E-state index contributed by atoms with van der Waals surface area (Å²) in [6.07, 6.45) is 4.15. The number of furan rings is 1. The van der Waals surface area contributed by atoms with E-state index in [-0.39, 0.29) is 6.29 Å². The lowest BCUT2D eigenvalue weighted by Gasteiger charge is -2.07. The number of rotatable bonds is 4. The van der Waals surface area contributed by atoms with E-state index < -0.39 is 0 Å². The predicted octanol–water partition coefficient (Wildman–Crippen LogP) is 5.97. The molecule has 0 aliphatic carbocycles. The third kappa shape index (κ3) is 3.91. The van der Waals surface area contributed by atoms with Crippen LogP contribution in [0.15, 0.2) is 59.0 Å². The van der Waals surface area contributed by atoms with Gasteiger partial charge >= 0.3 is 0 Å². The average molecular weight is 324 g/mol. The standard InChI is InChI=1S/C11H12O.C10H12O2/c1-2-5-10-8-9-6-3-4-7-11(9)12-10;1-2-5-10-11-8-6-3-4-7-9(8)12-10/h3-4,6-8H,2,5H2,1H3;3-4,6-7,10H,2,5H2,1H3. The van der Waals surface area contributed by atoms with Gasteiger partial charge in [0.2, 0.25) is 6.29 Å². The molecule has 0 amide bonds. The van der Waals surface area contributed by atoms with E-state index >= 15 is 0 Å². The predicted molar refractivity (Wildman–Crippen MR) is 96.6 cm³/mol. The maximum atomic E-state index is 5.61. The molecule has 4 rings (SSSR count). The Kier molecular flexibility index (Phi) is 5.42. The van der Waals surface area contributed by atoms with Gasteiger partial charge in [0.1, 0.15) is 11.3 Å². The summed E-state index contributed by atoms with van der Waals surface area (Å²) in [6, 6.07) is 18.0. The molecular weight excluding hydrogens is 300 g/mol. The van der Waals surface area contributed by atoms with Crippen molar-refractivity contribution in [2.45, 2.75) is 45.8 Å². The van der Waals surface area contributed by atoms with Crippen LogP contribution in [0.4, 0.5) is 0 Å². The maximum Gasteiger partial charge on any atom is 0.241 e. The van der Waals surface area contributed by atoms with Gasteiger partial charge in [-0.2, -0.15) is 0 Å². The number of aryl methyl sites for hydroxylation is 1. The number of fused-ring (bicyclic) bond motifs is 2. The number of benzene rings is 2. The van der Waals surface area contributed by atoms with Crippen molar-refractivity contribution in [1.82, 2.24) is 0 Å². The molecule has 2 heterocycles. The van der Waals surface area contributed by atoms with Gasteiger partial charge in [0, 0.05) is 18.2 Å². The quantitative estimate of drug-likeness (QED) is 0.592. The fourth-order valence-corrected chi connectivity index (χ4v) is 2.71. The molecule has 0 saturated heterocycles. The van der Waals surface area contributed by atoms with E-state index in [1.54, 1.807) is 0 Å². The molecule has 0 saturated carbocycles. The van der Waals surface area contributed by atoms with Crippen molar-refractivity contribution in [3.63, 3.8) is 0 Å². The van der Waals surface area contributed by atoms with Crippen molar-refractivity contribution in [1.29, 1.82) is 0 Å². The lowest BCUT2D eigenvalue weighted by molar-refractivity contribution is 0.0413. The summed E-state index contributed by atoms with van der Waals surface area (Å²) >= 11 is 0. The zero-order valence-electron chi connectivity index (χ0n) is 14.3. The van der Waals surface area contributed by atoms with Crippen LogP contribution in [0, 0.1) is 0 Å². The van der Waals surface area contributed by atoms with Crippen molar-refractivity contribution in [2.75, 3.05) is 0 Å². The Morgan fingerprint density at radius 2 is 1.50 bits per heavy atom. The van der Waals surface area contributed by atoms with Gasteiger partial charge in [0.25, 0.3) is 0 Å². The van der Waals surface area contributed by atoms with E-state index in [0.717, 1.165) is 48.5 Å². The Morgan fingerprint density at radius 1 is 0.833 bits per heavy atom. The molecule has 3 aromatic rings. The first-order chi connectivity index (χ1) is 11.8. The highest BCUT2D eigenvalue weighted by molar-refractivity contribution is 5.77. The molecule has 3 heteroatoms. The molecule has 0 spiro atoms. The van der Waals surface area contributed by atoms with Gasteiger partial charge in [0.15, 0.2) is 11.5 Å². The Hall–Kier alpha value is -2.42. The molecule has 1 aromatic heterocycles. The van der Waals surface area contributed by atoms with Gasteiger partial charge in [-0.05, 0) is 37.1 Å². The fourth-order valence-electron chi connectivity index (χ4n) is 2.71. The van der Waals surface area contributed by atoms with E-state index in [2.05, 4.69) is 26.0 Å². The lowest BCUT2D eigenvalue weighted by atomic mass is 10.2. The highest BCUT2D eigenvalue weighted by atomic mass is 16.7. The molecule has 126 valence electrons. The summed E-state index contributed by atoms with van der Waals surface area (Å²) in [7, 11) is 0. The third-order valence-electron chi connectivity index (χ3n) is 3.86. The van der Waals surface area contributed by atoms with Crippen molar-refractivity contribution in [3.8, 4) is 11.5 Å². The molecule has 3 nitrogen and oxygen atoms in total. The summed E-state index contributed by atoms with van der Waals surface area (Å²) in [6.45, 7) is 4.28. The molecule has 2 aromatic carbocycles. The minimum atomic E-state index is -0.0626. The molecule has 1 aliphatic heterocycles. The second-order valence-electron chi connectivity index (χ2n) is 5.90. The lowest BCUT2D eigenvalue weighted by Crippen LogP contribution is -2.16. The first-order valence-electron chi connectivity index (χ1n) is 8.70. The summed E-state index contributed by atoms with van der Waals surface area (Å²) < 4.78 is 16.7. The van der Waals surface area contributed by atoms with E-state index in [4.69, 9.17) is 13.9 Å². The van der Waals surface area contributed by atoms with Crippen LogP contribution in [-0.2, 0) is 6.42 Å². The van der Waals surface area contributed by atoms with E-state index in [0.29, 0.717) is 0 Å². The van der Waals surface area contributed by atoms with Gasteiger partial charge in [0.05, 0.1) is 0 Å². The molecule has 0 radical (unpaired) electrons. The molecule has 0 atom stereocenters. The van der Waals surface area contributed by atoms with Crippen LogP contribution in [0.3, 0.4) is 0 Å². The average Bonchev–Trinajstić information content (AvgIpc) is 3.18. The highest BCUT2D eigenvalue weighted by Crippen LogP contribution is 2.34. The topological polar surface area (TPSA) is 31.6 Å². The van der Waals surface area contributed by atoms with Crippen LogP contribution in [0.2, 0.25) is 0 Å². The highest BCUT2D eigenvalue weighted by Gasteiger charge is 2.21. The molecule has 1 aliphatic rings. The van der Waals surface area contributed by atoms with Crippen LogP contribution in [0.25, 0.3) is 11.0 Å². The zero-order chi connectivity index (χ0) is 16.8. The first-order valence-corrected chi connectivity index (χ1v) is 8.70. The summed E-state index contributed by atoms with van der Waals surface area (Å²) in [5.74, 6) is 2.84. The SMILES string of the molecule is CCCC1Oc2ccccc2O1.CCCc1cc2ccccc2o1. The van der Waals surface area contributed by atoms with Crippen LogP contribution >= 0.6 is 0 Å². The number of hydrogen-bond acceptors (Lipinski definition) is 3. The Labute approximate surface area is 143 Å². The Balaban J connectivity index is 0.000000141. The van der Waals surface area contributed by atoms with E-state index in [1.807, 2.05) is 42.5 Å². The van der Waals surface area contributed by atoms with Gasteiger partial charge in [-0.3, -0.25) is 0 Å². The molecule has 24 heavy (non-hydrogen) atoms. The van der Waals surface area contributed by atoms with Crippen LogP contribution in [0.1, 0.15) is 38.9 Å². The zero-order valence-corrected chi connectivity index (χ0v) is 14.3. The molecule has 0 bridgehead atoms. The Bertz CT molecular complexity index is 717. The minimum absolute atomic E-state index is 0.0626. The number of hydrogen-bond donors (Lipinski definition) is 0. The summed E-state index contributed by atoms with van der Waals surface area (Å²) in [5.41, 5.74) is 1.00. The third-order valence-corrected chi connectivity index (χ3v) is 3.86. The number of para-hydroxylation sites is 3. The molecule has 0 N–H and O–H groups in total. The van der Waals surface area contributed by atoms with Crippen molar-refractivity contribution in [3.05, 3.63) is 60.4 Å². The maximum absolute atomic E-state index is 5.61.